The first-order valence-electron chi connectivity index (χ1n) is 9.63. The van der Waals surface area contributed by atoms with Gasteiger partial charge in [0, 0.05) is 27.6 Å². The van der Waals surface area contributed by atoms with E-state index in [-0.39, 0.29) is 18.7 Å². The highest BCUT2D eigenvalue weighted by molar-refractivity contribution is 9.10. The predicted molar refractivity (Wildman–Crippen MR) is 112 cm³/mol. The SMILES string of the molecule is Fc1cccc([C@@H]2Oc3ccc(Br)cc3[C@@H]3CC(c4ccc5c(c4)OCO5)=NN32)c1. The van der Waals surface area contributed by atoms with Crippen LogP contribution in [0.5, 0.6) is 17.2 Å². The van der Waals surface area contributed by atoms with E-state index in [0.29, 0.717) is 6.42 Å². The molecule has 0 fully saturated rings. The summed E-state index contributed by atoms with van der Waals surface area (Å²) >= 11 is 3.56. The molecule has 30 heavy (non-hydrogen) atoms. The fourth-order valence-corrected chi connectivity index (χ4v) is 4.57. The molecular weight excluding hydrogens is 451 g/mol. The molecule has 0 spiro atoms. The molecule has 7 heteroatoms. The minimum atomic E-state index is -0.508. The van der Waals surface area contributed by atoms with Gasteiger partial charge in [-0.3, -0.25) is 0 Å². The summed E-state index contributed by atoms with van der Waals surface area (Å²) < 4.78 is 32.2. The van der Waals surface area contributed by atoms with Crippen molar-refractivity contribution in [3.8, 4) is 17.2 Å². The Balaban J connectivity index is 1.44. The molecule has 3 aliphatic rings. The van der Waals surface area contributed by atoms with Gasteiger partial charge in [0.25, 0.3) is 0 Å². The Morgan fingerprint density at radius 1 is 0.967 bits per heavy atom. The highest BCUT2D eigenvalue weighted by Gasteiger charge is 2.41. The smallest absolute Gasteiger partial charge is 0.231 e. The quantitative estimate of drug-likeness (QED) is 0.495. The number of rotatable bonds is 2. The minimum absolute atomic E-state index is 0.0139. The van der Waals surface area contributed by atoms with E-state index in [1.165, 1.54) is 12.1 Å². The molecule has 0 radical (unpaired) electrons. The van der Waals surface area contributed by atoms with Crippen molar-refractivity contribution in [2.75, 3.05) is 6.79 Å². The van der Waals surface area contributed by atoms with E-state index in [2.05, 4.69) is 22.0 Å². The molecule has 0 saturated heterocycles. The van der Waals surface area contributed by atoms with Crippen LogP contribution in [0.2, 0.25) is 0 Å². The maximum absolute atomic E-state index is 13.9. The van der Waals surface area contributed by atoms with Gasteiger partial charge in [0.1, 0.15) is 11.6 Å². The highest BCUT2D eigenvalue weighted by atomic mass is 79.9. The average molecular weight is 467 g/mol. The number of halogens is 2. The second-order valence-electron chi connectivity index (χ2n) is 7.42. The van der Waals surface area contributed by atoms with Crippen LogP contribution in [-0.4, -0.2) is 17.5 Å². The van der Waals surface area contributed by atoms with E-state index in [1.807, 2.05) is 41.4 Å². The van der Waals surface area contributed by atoms with Crippen molar-refractivity contribution in [3.63, 3.8) is 0 Å². The fraction of sp³-hybridized carbons (Fsp3) is 0.174. The molecule has 0 unspecified atom stereocenters. The lowest BCUT2D eigenvalue weighted by Gasteiger charge is -2.38. The summed E-state index contributed by atoms with van der Waals surface area (Å²) in [5, 5.41) is 6.85. The zero-order valence-corrected chi connectivity index (χ0v) is 17.3. The summed E-state index contributed by atoms with van der Waals surface area (Å²) in [5.41, 5.74) is 3.68. The van der Waals surface area contributed by atoms with Crippen LogP contribution in [-0.2, 0) is 0 Å². The minimum Gasteiger partial charge on any atom is -0.464 e. The normalized spacial score (nSPS) is 21.0. The third-order valence-electron chi connectivity index (χ3n) is 5.59. The van der Waals surface area contributed by atoms with Gasteiger partial charge in [-0.1, -0.05) is 28.1 Å². The van der Waals surface area contributed by atoms with Crippen molar-refractivity contribution in [2.45, 2.75) is 18.7 Å². The van der Waals surface area contributed by atoms with Gasteiger partial charge in [0.15, 0.2) is 11.5 Å². The number of hydrogen-bond acceptors (Lipinski definition) is 5. The fourth-order valence-electron chi connectivity index (χ4n) is 4.19. The van der Waals surface area contributed by atoms with E-state index >= 15 is 0 Å². The first-order chi connectivity index (χ1) is 14.7. The van der Waals surface area contributed by atoms with Crippen LogP contribution in [0.1, 0.15) is 35.4 Å². The molecule has 0 N–H and O–H groups in total. The number of ether oxygens (including phenoxy) is 3. The number of benzene rings is 3. The predicted octanol–water partition coefficient (Wildman–Crippen LogP) is 5.56. The van der Waals surface area contributed by atoms with Crippen molar-refractivity contribution >= 4 is 21.6 Å². The Morgan fingerprint density at radius 3 is 2.73 bits per heavy atom. The van der Waals surface area contributed by atoms with Crippen molar-refractivity contribution in [1.82, 2.24) is 5.01 Å². The molecule has 150 valence electrons. The zero-order chi connectivity index (χ0) is 20.2. The molecular formula is C23H16BrFN2O3. The lowest BCUT2D eigenvalue weighted by Crippen LogP contribution is -2.33. The van der Waals surface area contributed by atoms with Crippen molar-refractivity contribution < 1.29 is 18.6 Å². The molecule has 3 aliphatic heterocycles. The van der Waals surface area contributed by atoms with Crippen LogP contribution in [0.4, 0.5) is 4.39 Å². The third kappa shape index (κ3) is 2.84. The van der Waals surface area contributed by atoms with Crippen LogP contribution in [0, 0.1) is 5.82 Å². The summed E-state index contributed by atoms with van der Waals surface area (Å²) in [6.07, 6.45) is 0.198. The molecule has 0 saturated carbocycles. The lowest BCUT2D eigenvalue weighted by molar-refractivity contribution is -0.0192. The number of hydrazone groups is 1. The van der Waals surface area contributed by atoms with Crippen LogP contribution in [0.25, 0.3) is 0 Å². The molecule has 0 bridgehead atoms. The van der Waals surface area contributed by atoms with Crippen molar-refractivity contribution in [1.29, 1.82) is 0 Å². The highest BCUT2D eigenvalue weighted by Crippen LogP contribution is 2.48. The molecule has 3 aromatic rings. The molecule has 0 amide bonds. The number of nitrogens with zero attached hydrogens (tertiary/aromatic N) is 2. The van der Waals surface area contributed by atoms with Gasteiger partial charge in [-0.2, -0.15) is 5.10 Å². The van der Waals surface area contributed by atoms with Crippen LogP contribution < -0.4 is 14.2 Å². The molecule has 5 nitrogen and oxygen atoms in total. The largest absolute Gasteiger partial charge is 0.464 e. The first-order valence-corrected chi connectivity index (χ1v) is 10.4. The third-order valence-corrected chi connectivity index (χ3v) is 6.08. The zero-order valence-electron chi connectivity index (χ0n) is 15.7. The van der Waals surface area contributed by atoms with Crippen LogP contribution in [0.15, 0.2) is 70.2 Å². The summed E-state index contributed by atoms with van der Waals surface area (Å²) in [5.74, 6) is 1.95. The second-order valence-corrected chi connectivity index (χ2v) is 8.34. The van der Waals surface area contributed by atoms with Gasteiger partial charge >= 0.3 is 0 Å². The van der Waals surface area contributed by atoms with Gasteiger partial charge in [-0.25, -0.2) is 9.40 Å². The van der Waals surface area contributed by atoms with Crippen molar-refractivity contribution in [2.24, 2.45) is 5.10 Å². The number of fused-ring (bicyclic) bond motifs is 4. The van der Waals surface area contributed by atoms with Gasteiger partial charge in [-0.15, -0.1) is 0 Å². The topological polar surface area (TPSA) is 43.3 Å². The maximum Gasteiger partial charge on any atom is 0.231 e. The van der Waals surface area contributed by atoms with E-state index in [4.69, 9.17) is 19.3 Å². The Hall–Kier alpha value is -3.06. The van der Waals surface area contributed by atoms with E-state index in [9.17, 15) is 4.39 Å². The molecule has 3 heterocycles. The van der Waals surface area contributed by atoms with Gasteiger partial charge in [-0.05, 0) is 48.5 Å². The Bertz CT molecular complexity index is 1200. The summed E-state index contributed by atoms with van der Waals surface area (Å²) in [7, 11) is 0. The first kappa shape index (κ1) is 17.8. The van der Waals surface area contributed by atoms with E-state index in [1.54, 1.807) is 6.07 Å². The van der Waals surface area contributed by atoms with Crippen molar-refractivity contribution in [3.05, 3.63) is 87.6 Å². The molecule has 2 atom stereocenters. The summed E-state index contributed by atoms with van der Waals surface area (Å²) in [6.45, 7) is 0.233. The molecule has 0 aliphatic carbocycles. The molecule has 3 aromatic carbocycles. The maximum atomic E-state index is 13.9. The standard InChI is InChI=1S/C23H16BrFN2O3/c24-15-5-7-20-17(10-15)19-11-18(13-4-6-21-22(9-13)29-12-28-21)26-27(19)23(30-20)14-2-1-3-16(25)8-14/h1-10,19,23H,11-12H2/t19-,23-/m0/s1. The monoisotopic (exact) mass is 466 g/mol. The molecule has 0 aromatic heterocycles. The Kier molecular flexibility index (Phi) is 3.99. The average Bonchev–Trinajstić information content (AvgIpc) is 3.40. The van der Waals surface area contributed by atoms with Gasteiger partial charge in [0.05, 0.1) is 11.8 Å². The Morgan fingerprint density at radius 2 is 1.83 bits per heavy atom. The van der Waals surface area contributed by atoms with Gasteiger partial charge in [0.2, 0.25) is 13.0 Å². The van der Waals surface area contributed by atoms with Crippen LogP contribution in [0.3, 0.4) is 0 Å². The van der Waals surface area contributed by atoms with E-state index in [0.717, 1.165) is 44.1 Å². The summed E-state index contributed by atoms with van der Waals surface area (Å²) in [4.78, 5) is 0. The lowest BCUT2D eigenvalue weighted by atomic mass is 9.96. The van der Waals surface area contributed by atoms with Crippen LogP contribution >= 0.6 is 15.9 Å². The van der Waals surface area contributed by atoms with Gasteiger partial charge < -0.3 is 14.2 Å². The number of hydrogen-bond donors (Lipinski definition) is 0. The second kappa shape index (κ2) is 6.74. The summed E-state index contributed by atoms with van der Waals surface area (Å²) in [6, 6.07) is 18.3. The Labute approximate surface area is 180 Å². The van der Waals surface area contributed by atoms with E-state index < -0.39 is 6.23 Å². The molecule has 6 rings (SSSR count).